The molecule has 0 aromatic carbocycles. The molecule has 2 saturated heterocycles. The van der Waals surface area contributed by atoms with Crippen LogP contribution < -0.4 is 113 Å². The van der Waals surface area contributed by atoms with Gasteiger partial charge in [0.2, 0.25) is 0 Å². The summed E-state index contributed by atoms with van der Waals surface area (Å²) in [4.78, 5) is 51.8. The van der Waals surface area contributed by atoms with Crippen LogP contribution in [0.15, 0.2) is 11.6 Å². The van der Waals surface area contributed by atoms with Gasteiger partial charge in [0.1, 0.15) is 48.8 Å². The summed E-state index contributed by atoms with van der Waals surface area (Å²) in [6.07, 6.45) is -12.4. The molecule has 0 amide bonds. The van der Waals surface area contributed by atoms with Crippen LogP contribution in [-0.2, 0) is 42.9 Å². The number of ether oxygens (including phenoxy) is 5. The van der Waals surface area contributed by atoms with E-state index in [4.69, 9.17) is 23.7 Å². The zero-order chi connectivity index (χ0) is 43.6. The van der Waals surface area contributed by atoms with E-state index in [0.717, 1.165) is 44.1 Å². The van der Waals surface area contributed by atoms with E-state index in [1.54, 1.807) is 0 Å². The monoisotopic (exact) mass is 912 g/mol. The van der Waals surface area contributed by atoms with Gasteiger partial charge in [0.15, 0.2) is 18.4 Å². The van der Waals surface area contributed by atoms with Crippen LogP contribution in [0, 0.1) is 50.2 Å². The maximum Gasteiger partial charge on any atom is 1.00 e. The molecule has 5 aliphatic carbocycles. The van der Waals surface area contributed by atoms with Crippen molar-refractivity contribution < 1.29 is 181 Å². The molecule has 16 nitrogen and oxygen atoms in total. The molecular formula is C43H62K2O16. The van der Waals surface area contributed by atoms with Gasteiger partial charge >= 0.3 is 109 Å². The minimum absolute atomic E-state index is 0. The van der Waals surface area contributed by atoms with E-state index in [9.17, 15) is 54.9 Å². The average Bonchev–Trinajstić information content (AvgIpc) is 3.16. The summed E-state index contributed by atoms with van der Waals surface area (Å²) in [5.41, 5.74) is -1.44. The second-order valence-electron chi connectivity index (χ2n) is 20.8. The molecule has 18 heteroatoms. The third-order valence-electron chi connectivity index (χ3n) is 17.4. The van der Waals surface area contributed by atoms with Gasteiger partial charge in [-0.1, -0.05) is 47.1 Å². The minimum atomic E-state index is -2.15. The quantitative estimate of drug-likeness (QED) is 0.0904. The van der Waals surface area contributed by atoms with Crippen molar-refractivity contribution in [3.8, 4) is 0 Å². The maximum atomic E-state index is 14.9. The Morgan fingerprint density at radius 1 is 0.721 bits per heavy atom. The normalized spacial score (nSPS) is 50.1. The molecule has 61 heavy (non-hydrogen) atoms. The number of methoxy groups -OCH3 is 1. The zero-order valence-corrected chi connectivity index (χ0v) is 43.5. The van der Waals surface area contributed by atoms with Crippen LogP contribution in [0.3, 0.4) is 0 Å². The Balaban J connectivity index is 0.00000352. The molecule has 7 rings (SSSR count). The van der Waals surface area contributed by atoms with Crippen molar-refractivity contribution >= 4 is 23.7 Å². The van der Waals surface area contributed by atoms with Gasteiger partial charge < -0.3 is 69.0 Å². The van der Waals surface area contributed by atoms with Crippen molar-refractivity contribution in [1.29, 1.82) is 0 Å². The molecule has 0 spiro atoms. The zero-order valence-electron chi connectivity index (χ0n) is 37.3. The van der Waals surface area contributed by atoms with Crippen molar-refractivity contribution in [2.24, 2.45) is 50.2 Å². The summed E-state index contributed by atoms with van der Waals surface area (Å²) >= 11 is 0. The van der Waals surface area contributed by atoms with Gasteiger partial charge in [-0.3, -0.25) is 9.59 Å². The van der Waals surface area contributed by atoms with E-state index >= 15 is 0 Å². The Labute approximate surface area is 442 Å². The molecule has 6 fully saturated rings. The Morgan fingerprint density at radius 2 is 1.30 bits per heavy atom. The summed E-state index contributed by atoms with van der Waals surface area (Å²) < 4.78 is 28.5. The molecule has 0 radical (unpaired) electrons. The predicted octanol–water partition coefficient (Wildman–Crippen LogP) is -6.33. The van der Waals surface area contributed by atoms with Gasteiger partial charge in [0.25, 0.3) is 0 Å². The number of carboxylic acid groups (broad SMARTS) is 2. The van der Waals surface area contributed by atoms with Gasteiger partial charge in [-0.2, -0.15) is 0 Å². The molecule has 0 aromatic heterocycles. The number of hydrogen-bond donors (Lipinski definition) is 5. The number of carboxylic acids is 2. The third-order valence-corrected chi connectivity index (χ3v) is 17.4. The second kappa shape index (κ2) is 18.3. The molecule has 0 aromatic rings. The van der Waals surface area contributed by atoms with Gasteiger partial charge in [-0.25, -0.2) is 0 Å². The summed E-state index contributed by atoms with van der Waals surface area (Å²) in [5, 5.41) is 76.9. The van der Waals surface area contributed by atoms with E-state index in [0.29, 0.717) is 19.3 Å². The summed E-state index contributed by atoms with van der Waals surface area (Å²) in [5.74, 6) is -4.29. The van der Waals surface area contributed by atoms with Crippen molar-refractivity contribution in [3.63, 3.8) is 0 Å². The predicted molar refractivity (Wildman–Crippen MR) is 199 cm³/mol. The van der Waals surface area contributed by atoms with Crippen molar-refractivity contribution in [3.05, 3.63) is 11.6 Å². The molecule has 19 atom stereocenters. The second-order valence-corrected chi connectivity index (χ2v) is 20.8. The molecule has 5 N–H and O–H groups in total. The number of esters is 1. The molecule has 2 aliphatic heterocycles. The Hall–Kier alpha value is 0.733. The number of aliphatic hydroxyl groups excluding tert-OH is 5. The van der Waals surface area contributed by atoms with Crippen LogP contribution in [0.4, 0.5) is 0 Å². The largest absolute Gasteiger partial charge is 1.00 e. The fourth-order valence-corrected chi connectivity index (χ4v) is 13.6. The van der Waals surface area contributed by atoms with Gasteiger partial charge in [-0.05, 0) is 110 Å². The molecule has 2 heterocycles. The first-order valence-corrected chi connectivity index (χ1v) is 21.1. The SMILES string of the molecule is COC(=O)[C@@]1(C)CC[C@]2(C)CC[C@]3(C)C(=CC(=O)[C@@H]4[C@@]5(C)CC[C@H](O[C@H]6O[C@H](C(=O)[O-])[C@@H](O)[C@H](O)[C@H]6O[C@@H]6O[C@H](C(=O)[O-])[C@@H](O)[C@H](O)[C@H]6O)C(C)(C)[C@@H]5CC[C@]43C)[C@@H]2C1.[K+].[K+]. The van der Waals surface area contributed by atoms with E-state index in [2.05, 4.69) is 27.7 Å². The Morgan fingerprint density at radius 3 is 1.89 bits per heavy atom. The number of allylic oxidation sites excluding steroid dienone is 2. The van der Waals surface area contributed by atoms with E-state index < -0.39 is 101 Å². The molecule has 332 valence electrons. The number of rotatable bonds is 7. The fraction of sp³-hybridized carbons (Fsp3) is 0.860. The van der Waals surface area contributed by atoms with Crippen molar-refractivity contribution in [2.75, 3.05) is 7.11 Å². The minimum Gasteiger partial charge on any atom is -0.547 e. The van der Waals surface area contributed by atoms with E-state index in [-0.39, 0.29) is 143 Å². The van der Waals surface area contributed by atoms with E-state index in [1.165, 1.54) is 7.11 Å². The van der Waals surface area contributed by atoms with Gasteiger partial charge in [-0.15, -0.1) is 0 Å². The molecule has 7 aliphatic rings. The van der Waals surface area contributed by atoms with Crippen molar-refractivity contribution in [2.45, 2.75) is 174 Å². The number of aliphatic carboxylic acids is 2. The first-order valence-electron chi connectivity index (χ1n) is 21.1. The number of aliphatic hydroxyl groups is 5. The number of ketones is 1. The smallest absolute Gasteiger partial charge is 0.547 e. The third kappa shape index (κ3) is 8.31. The first kappa shape index (κ1) is 52.7. The Bertz CT molecular complexity index is 1760. The van der Waals surface area contributed by atoms with Crippen molar-refractivity contribution in [1.82, 2.24) is 0 Å². The van der Waals surface area contributed by atoms with Crippen LogP contribution in [0.5, 0.6) is 0 Å². The molecule has 0 bridgehead atoms. The average molecular weight is 913 g/mol. The first-order chi connectivity index (χ1) is 27.3. The summed E-state index contributed by atoms with van der Waals surface area (Å²) in [6.45, 7) is 15.1. The van der Waals surface area contributed by atoms with Crippen LogP contribution in [-0.4, -0.2) is 124 Å². The maximum absolute atomic E-state index is 14.9. The van der Waals surface area contributed by atoms with Gasteiger partial charge in [0.05, 0.1) is 30.6 Å². The Kier molecular flexibility index (Phi) is 15.8. The number of carbonyl (C=O) groups is 4. The van der Waals surface area contributed by atoms with Crippen LogP contribution in [0.2, 0.25) is 0 Å². The topological polar surface area (TPSA) is 262 Å². The summed E-state index contributed by atoms with van der Waals surface area (Å²) in [6, 6.07) is 0. The van der Waals surface area contributed by atoms with Crippen LogP contribution in [0.1, 0.15) is 106 Å². The summed E-state index contributed by atoms with van der Waals surface area (Å²) in [7, 11) is 1.43. The van der Waals surface area contributed by atoms with Crippen LogP contribution >= 0.6 is 0 Å². The number of fused-ring (bicyclic) bond motifs is 7. The molecule has 4 saturated carbocycles. The van der Waals surface area contributed by atoms with Gasteiger partial charge in [0, 0.05) is 5.92 Å². The number of carbonyl (C=O) groups excluding carboxylic acids is 4. The number of hydrogen-bond acceptors (Lipinski definition) is 16. The molecule has 0 unspecified atom stereocenters. The molecular weight excluding hydrogens is 851 g/mol. The van der Waals surface area contributed by atoms with Crippen LogP contribution in [0.25, 0.3) is 0 Å². The standard InChI is InChI=1S/C43H64O16.2K/c1-38(2)22-9-12-43(7)32(21(44)17-19-20-18-40(4,37(54)55-8)14-13-39(20,3)15-16-42(19,43)6)41(22,5)11-10-23(38)56-36-31(27(48)26(47)30(58-36)34(52)53)59-35-28(49)24(45)25(46)29(57-35)33(50)51;;/h17,20,22-32,35-36,45-49H,9-16,18H2,1-8H3,(H,50,51)(H,52,53);;/q;2*+1/p-2/t20-,22-,23-,24-,25-,26-,27-,28+,29-,30-,31+,32+,35-,36-,39+,40-,41-,42+,43+;;/m0../s1. The fourth-order valence-electron chi connectivity index (χ4n) is 13.6. The van der Waals surface area contributed by atoms with E-state index in [1.807, 2.05) is 26.8 Å².